The first-order chi connectivity index (χ1) is 11.4. The summed E-state index contributed by atoms with van der Waals surface area (Å²) in [5.74, 6) is -56.0. The first kappa shape index (κ1) is 22.1. The van der Waals surface area contributed by atoms with Crippen molar-refractivity contribution >= 4 is 0 Å². The minimum absolute atomic E-state index is 6.28. The van der Waals surface area contributed by atoms with Crippen molar-refractivity contribution < 1.29 is 74.6 Å². The molecule has 2 aliphatic carbocycles. The molecule has 2 aliphatic rings. The Labute approximate surface area is 135 Å². The predicted octanol–water partition coefficient (Wildman–Crippen LogP) is 5.22. The van der Waals surface area contributed by atoms with Crippen LogP contribution in [0.3, 0.4) is 0 Å². The van der Waals surface area contributed by atoms with Crippen molar-refractivity contribution in [2.24, 2.45) is 0 Å². The molecule has 2 fully saturated rings. The minimum Gasteiger partial charge on any atom is -0.234 e. The van der Waals surface area contributed by atoms with Crippen molar-refractivity contribution in [1.82, 2.24) is 0 Å². The summed E-state index contributed by atoms with van der Waals surface area (Å²) in [5.41, 5.74) is -16.6. The number of alkyl halides is 17. The number of fused-ring (bicyclic) bond motifs is 1. The average molecular weight is 444 g/mol. The van der Waals surface area contributed by atoms with E-state index in [1.165, 1.54) is 0 Å². The van der Waals surface area contributed by atoms with Crippen LogP contribution in [-0.4, -0.2) is 59.0 Å². The molecule has 0 spiro atoms. The van der Waals surface area contributed by atoms with Gasteiger partial charge >= 0.3 is 41.5 Å². The van der Waals surface area contributed by atoms with Gasteiger partial charge in [-0.2, -0.15) is 61.5 Å². The van der Waals surface area contributed by atoms with E-state index in [1.54, 1.807) is 0 Å². The standard InChI is InChI=1S/C10HF17/c11-1-2(12,13)4(16)5(17,6(18,19)3(1,14)15)8(22,23)10(26,27)9(24,25)7(4,20)21/h1H. The Kier molecular flexibility index (Phi) is 3.70. The van der Waals surface area contributed by atoms with Crippen LogP contribution in [0.25, 0.3) is 0 Å². The molecule has 160 valence electrons. The van der Waals surface area contributed by atoms with E-state index >= 15 is 0 Å². The SMILES string of the molecule is FC1C(F)(F)C(F)(F)C2(F)C(F)(F)C(F)(F)C(F)(F)C(F)(F)C2(F)C1(F)F. The zero-order valence-electron chi connectivity index (χ0n) is 11.5. The lowest BCUT2D eigenvalue weighted by Gasteiger charge is -2.62. The van der Waals surface area contributed by atoms with Gasteiger partial charge in [-0.3, -0.25) is 0 Å². The van der Waals surface area contributed by atoms with Crippen molar-refractivity contribution in [2.45, 2.75) is 59.0 Å². The third-order valence-electron chi connectivity index (χ3n) is 4.47. The molecule has 27 heavy (non-hydrogen) atoms. The molecule has 0 bridgehead atoms. The summed E-state index contributed by atoms with van der Waals surface area (Å²) in [5, 5.41) is 0. The highest BCUT2D eigenvalue weighted by molar-refractivity contribution is 5.41. The predicted molar refractivity (Wildman–Crippen MR) is 47.2 cm³/mol. The van der Waals surface area contributed by atoms with E-state index in [0.29, 0.717) is 0 Å². The third-order valence-corrected chi connectivity index (χ3v) is 4.47. The Hall–Kier alpha value is -1.19. The highest BCUT2D eigenvalue weighted by atomic mass is 19.4. The van der Waals surface area contributed by atoms with Crippen LogP contribution in [0, 0.1) is 0 Å². The van der Waals surface area contributed by atoms with Gasteiger partial charge in [0, 0.05) is 0 Å². The van der Waals surface area contributed by atoms with E-state index < -0.39 is 59.0 Å². The quantitative estimate of drug-likeness (QED) is 0.450. The maximum Gasteiger partial charge on any atom is 0.382 e. The smallest absolute Gasteiger partial charge is 0.234 e. The van der Waals surface area contributed by atoms with Crippen LogP contribution in [0.4, 0.5) is 74.6 Å². The summed E-state index contributed by atoms with van der Waals surface area (Å²) < 4.78 is 227. The van der Waals surface area contributed by atoms with Gasteiger partial charge in [0.1, 0.15) is 0 Å². The second-order valence-corrected chi connectivity index (χ2v) is 5.80. The molecule has 3 unspecified atom stereocenters. The van der Waals surface area contributed by atoms with E-state index in [0.717, 1.165) is 0 Å². The van der Waals surface area contributed by atoms with Crippen molar-refractivity contribution in [2.75, 3.05) is 0 Å². The molecule has 0 aliphatic heterocycles. The molecule has 0 N–H and O–H groups in total. The van der Waals surface area contributed by atoms with Crippen molar-refractivity contribution in [3.8, 4) is 0 Å². The number of hydrogen-bond acceptors (Lipinski definition) is 0. The molecule has 3 atom stereocenters. The van der Waals surface area contributed by atoms with E-state index in [-0.39, 0.29) is 0 Å². The van der Waals surface area contributed by atoms with Gasteiger partial charge in [-0.05, 0) is 0 Å². The highest BCUT2D eigenvalue weighted by Gasteiger charge is 3.12. The van der Waals surface area contributed by atoms with Gasteiger partial charge in [-0.15, -0.1) is 0 Å². The first-order valence-electron chi connectivity index (χ1n) is 6.07. The van der Waals surface area contributed by atoms with Gasteiger partial charge in [0.05, 0.1) is 0 Å². The summed E-state index contributed by atoms with van der Waals surface area (Å²) in [6, 6.07) is 0. The zero-order chi connectivity index (χ0) is 22.1. The molecule has 2 rings (SSSR count). The minimum atomic E-state index is -8.38. The number of halogens is 17. The second kappa shape index (κ2) is 4.52. The summed E-state index contributed by atoms with van der Waals surface area (Å²) in [6.07, 6.45) is -6.28. The second-order valence-electron chi connectivity index (χ2n) is 5.80. The third kappa shape index (κ3) is 1.53. The molecule has 0 amide bonds. The van der Waals surface area contributed by atoms with Crippen molar-refractivity contribution in [3.05, 3.63) is 0 Å². The van der Waals surface area contributed by atoms with E-state index in [2.05, 4.69) is 0 Å². The lowest BCUT2D eigenvalue weighted by atomic mass is 9.55. The summed E-state index contributed by atoms with van der Waals surface area (Å²) in [4.78, 5) is 0. The molecular formula is C10HF17. The van der Waals surface area contributed by atoms with E-state index in [4.69, 9.17) is 0 Å². The molecule has 0 aromatic heterocycles. The Balaban J connectivity index is 3.17. The van der Waals surface area contributed by atoms with Gasteiger partial charge < -0.3 is 0 Å². The fraction of sp³-hybridized carbons (Fsp3) is 1.00. The molecule has 0 aromatic carbocycles. The largest absolute Gasteiger partial charge is 0.382 e. The van der Waals surface area contributed by atoms with Crippen LogP contribution >= 0.6 is 0 Å². The molecule has 0 heterocycles. The van der Waals surface area contributed by atoms with Gasteiger partial charge in [-0.25, -0.2) is 13.2 Å². The Morgan fingerprint density at radius 1 is 0.333 bits per heavy atom. The van der Waals surface area contributed by atoms with Gasteiger partial charge in [0.2, 0.25) is 6.17 Å². The summed E-state index contributed by atoms with van der Waals surface area (Å²) >= 11 is 0. The monoisotopic (exact) mass is 444 g/mol. The van der Waals surface area contributed by atoms with Crippen LogP contribution in [-0.2, 0) is 0 Å². The van der Waals surface area contributed by atoms with Crippen molar-refractivity contribution in [1.29, 1.82) is 0 Å². The van der Waals surface area contributed by atoms with E-state index in [9.17, 15) is 74.6 Å². The van der Waals surface area contributed by atoms with Crippen LogP contribution < -0.4 is 0 Å². The van der Waals surface area contributed by atoms with E-state index in [1.807, 2.05) is 0 Å². The molecule has 0 nitrogen and oxygen atoms in total. The molecule has 17 heteroatoms. The molecular weight excluding hydrogens is 443 g/mol. The maximum atomic E-state index is 14.2. The molecule has 0 aromatic rings. The normalized spacial score (nSPS) is 45.0. The maximum absolute atomic E-state index is 14.2. The Morgan fingerprint density at radius 2 is 0.630 bits per heavy atom. The fourth-order valence-electron chi connectivity index (χ4n) is 2.90. The Bertz CT molecular complexity index is 663. The van der Waals surface area contributed by atoms with Gasteiger partial charge in [0.25, 0.3) is 11.3 Å². The topological polar surface area (TPSA) is 0 Å². The lowest BCUT2D eigenvalue weighted by molar-refractivity contribution is -0.539. The highest BCUT2D eigenvalue weighted by Crippen LogP contribution is 2.79. The van der Waals surface area contributed by atoms with Crippen LogP contribution in [0.15, 0.2) is 0 Å². The van der Waals surface area contributed by atoms with Crippen LogP contribution in [0.5, 0.6) is 0 Å². The number of rotatable bonds is 0. The zero-order valence-corrected chi connectivity index (χ0v) is 11.5. The van der Waals surface area contributed by atoms with Crippen molar-refractivity contribution in [3.63, 3.8) is 0 Å². The Morgan fingerprint density at radius 3 is 0.963 bits per heavy atom. The average Bonchev–Trinajstić information content (AvgIpc) is 2.48. The summed E-state index contributed by atoms with van der Waals surface area (Å²) in [7, 11) is 0. The van der Waals surface area contributed by atoms with Crippen LogP contribution in [0.2, 0.25) is 0 Å². The lowest BCUT2D eigenvalue weighted by Crippen LogP contribution is -2.97. The first-order valence-corrected chi connectivity index (χ1v) is 6.07. The fourth-order valence-corrected chi connectivity index (χ4v) is 2.90. The van der Waals surface area contributed by atoms with Gasteiger partial charge in [-0.1, -0.05) is 0 Å². The number of hydrogen-bond donors (Lipinski definition) is 0. The molecule has 0 radical (unpaired) electrons. The molecule has 2 saturated carbocycles. The summed E-state index contributed by atoms with van der Waals surface area (Å²) in [6.45, 7) is 0. The van der Waals surface area contributed by atoms with Crippen LogP contribution in [0.1, 0.15) is 0 Å². The van der Waals surface area contributed by atoms with Gasteiger partial charge in [0.15, 0.2) is 0 Å². The molecule has 0 saturated heterocycles.